The summed E-state index contributed by atoms with van der Waals surface area (Å²) in [4.78, 5) is 4.01. The highest BCUT2D eigenvalue weighted by Crippen LogP contribution is 2.34. The third kappa shape index (κ3) is 2.18. The third-order valence-corrected chi connectivity index (χ3v) is 3.11. The normalized spacial score (nSPS) is 10.6. The van der Waals surface area contributed by atoms with E-state index in [1.165, 1.54) is 0 Å². The Hall–Kier alpha value is -2.33. The number of anilines is 1. The van der Waals surface area contributed by atoms with E-state index in [-0.39, 0.29) is 0 Å². The molecule has 0 fully saturated rings. The van der Waals surface area contributed by atoms with Crippen molar-refractivity contribution in [3.8, 4) is 22.4 Å². The highest BCUT2D eigenvalue weighted by molar-refractivity contribution is 6.30. The van der Waals surface area contributed by atoms with Gasteiger partial charge < -0.3 is 5.73 Å². The van der Waals surface area contributed by atoms with E-state index in [4.69, 9.17) is 17.3 Å². The Morgan fingerprint density at radius 1 is 1.05 bits per heavy atom. The number of rotatable bonds is 2. The van der Waals surface area contributed by atoms with Crippen LogP contribution in [0.1, 0.15) is 0 Å². The number of aromatic nitrogens is 3. The van der Waals surface area contributed by atoms with Crippen LogP contribution in [0.4, 0.5) is 5.82 Å². The summed E-state index contributed by atoms with van der Waals surface area (Å²) in [7, 11) is 0. The Balaban J connectivity index is 2.19. The number of halogens is 1. The SMILES string of the molecule is Nc1n[nH]c(-c2cccc(Cl)c2)c1-c1ccncc1. The van der Waals surface area contributed by atoms with Crippen molar-refractivity contribution in [3.63, 3.8) is 0 Å². The van der Waals surface area contributed by atoms with E-state index in [2.05, 4.69) is 15.2 Å². The first-order chi connectivity index (χ1) is 9.25. The van der Waals surface area contributed by atoms with Gasteiger partial charge in [-0.25, -0.2) is 0 Å². The average Bonchev–Trinajstić information content (AvgIpc) is 2.82. The molecule has 0 radical (unpaired) electrons. The van der Waals surface area contributed by atoms with E-state index in [0.29, 0.717) is 10.8 Å². The summed E-state index contributed by atoms with van der Waals surface area (Å²) in [6.07, 6.45) is 3.45. The Morgan fingerprint density at radius 3 is 2.58 bits per heavy atom. The predicted octanol–water partition coefficient (Wildman–Crippen LogP) is 3.37. The van der Waals surface area contributed by atoms with Crippen molar-refractivity contribution in [1.82, 2.24) is 15.2 Å². The lowest BCUT2D eigenvalue weighted by Gasteiger charge is -2.04. The van der Waals surface area contributed by atoms with E-state index in [0.717, 1.165) is 22.4 Å². The van der Waals surface area contributed by atoms with Gasteiger partial charge in [0.05, 0.1) is 11.3 Å². The van der Waals surface area contributed by atoms with Crippen LogP contribution in [0.15, 0.2) is 48.8 Å². The molecule has 0 unspecified atom stereocenters. The Labute approximate surface area is 115 Å². The quantitative estimate of drug-likeness (QED) is 0.750. The number of hydrogen-bond donors (Lipinski definition) is 2. The number of nitrogen functional groups attached to an aromatic ring is 1. The maximum absolute atomic E-state index is 6.02. The van der Waals surface area contributed by atoms with Gasteiger partial charge in [-0.15, -0.1) is 0 Å². The van der Waals surface area contributed by atoms with Gasteiger partial charge in [0.2, 0.25) is 0 Å². The summed E-state index contributed by atoms with van der Waals surface area (Å²) in [5, 5.41) is 7.72. The van der Waals surface area contributed by atoms with Crippen LogP contribution in [0, 0.1) is 0 Å². The monoisotopic (exact) mass is 270 g/mol. The fourth-order valence-electron chi connectivity index (χ4n) is 2.02. The minimum atomic E-state index is 0.459. The molecule has 94 valence electrons. The zero-order valence-corrected chi connectivity index (χ0v) is 10.7. The maximum atomic E-state index is 6.02. The van der Waals surface area contributed by atoms with E-state index in [1.54, 1.807) is 12.4 Å². The molecule has 3 rings (SSSR count). The molecule has 0 aliphatic carbocycles. The van der Waals surface area contributed by atoms with Crippen molar-refractivity contribution < 1.29 is 0 Å². The fraction of sp³-hybridized carbons (Fsp3) is 0. The summed E-state index contributed by atoms with van der Waals surface area (Å²) in [6, 6.07) is 11.4. The van der Waals surface area contributed by atoms with Crippen LogP contribution >= 0.6 is 11.6 Å². The molecule has 5 heteroatoms. The first-order valence-electron chi connectivity index (χ1n) is 5.76. The Morgan fingerprint density at radius 2 is 1.84 bits per heavy atom. The Kier molecular flexibility index (Phi) is 2.93. The van der Waals surface area contributed by atoms with Crippen molar-refractivity contribution in [3.05, 3.63) is 53.8 Å². The molecule has 1 aromatic carbocycles. The Bertz CT molecular complexity index is 706. The van der Waals surface area contributed by atoms with Crippen molar-refractivity contribution >= 4 is 17.4 Å². The number of H-pyrrole nitrogens is 1. The number of pyridine rings is 1. The van der Waals surface area contributed by atoms with Crippen LogP contribution in [0.25, 0.3) is 22.4 Å². The van der Waals surface area contributed by atoms with Gasteiger partial charge in [-0.1, -0.05) is 23.7 Å². The molecule has 2 heterocycles. The van der Waals surface area contributed by atoms with Crippen molar-refractivity contribution in [2.45, 2.75) is 0 Å². The third-order valence-electron chi connectivity index (χ3n) is 2.88. The smallest absolute Gasteiger partial charge is 0.153 e. The molecule has 19 heavy (non-hydrogen) atoms. The number of hydrogen-bond acceptors (Lipinski definition) is 3. The zero-order valence-electron chi connectivity index (χ0n) is 9.97. The first-order valence-corrected chi connectivity index (χ1v) is 6.13. The molecule has 0 aliphatic heterocycles. The molecule has 0 spiro atoms. The minimum absolute atomic E-state index is 0.459. The molecule has 2 aromatic heterocycles. The van der Waals surface area contributed by atoms with Crippen LogP contribution < -0.4 is 5.73 Å². The topological polar surface area (TPSA) is 67.6 Å². The van der Waals surface area contributed by atoms with Gasteiger partial charge in [-0.3, -0.25) is 10.1 Å². The summed E-state index contributed by atoms with van der Waals surface area (Å²) in [5.74, 6) is 0.459. The second-order valence-corrected chi connectivity index (χ2v) is 4.54. The van der Waals surface area contributed by atoms with Gasteiger partial charge >= 0.3 is 0 Å². The molecule has 0 aliphatic rings. The molecular formula is C14H11ClN4. The second-order valence-electron chi connectivity index (χ2n) is 4.11. The molecule has 3 aromatic rings. The highest BCUT2D eigenvalue weighted by Gasteiger charge is 2.14. The van der Waals surface area contributed by atoms with Gasteiger partial charge in [0.1, 0.15) is 0 Å². The molecule has 0 bridgehead atoms. The van der Waals surface area contributed by atoms with Crippen molar-refractivity contribution in [2.75, 3.05) is 5.73 Å². The van der Waals surface area contributed by atoms with Gasteiger partial charge in [-0.05, 0) is 29.8 Å². The number of aromatic amines is 1. The van der Waals surface area contributed by atoms with Crippen LogP contribution in [0.2, 0.25) is 5.02 Å². The lowest BCUT2D eigenvalue weighted by Crippen LogP contribution is -1.89. The van der Waals surface area contributed by atoms with Crippen molar-refractivity contribution in [1.29, 1.82) is 0 Å². The van der Waals surface area contributed by atoms with Crippen LogP contribution in [0.5, 0.6) is 0 Å². The fourth-order valence-corrected chi connectivity index (χ4v) is 2.21. The zero-order chi connectivity index (χ0) is 13.2. The number of nitrogens with one attached hydrogen (secondary N) is 1. The summed E-state index contributed by atoms with van der Waals surface area (Å²) in [6.45, 7) is 0. The number of nitrogens with two attached hydrogens (primary N) is 1. The van der Waals surface area contributed by atoms with Gasteiger partial charge in [0.15, 0.2) is 5.82 Å². The number of benzene rings is 1. The maximum Gasteiger partial charge on any atom is 0.153 e. The highest BCUT2D eigenvalue weighted by atomic mass is 35.5. The lowest BCUT2D eigenvalue weighted by atomic mass is 10.0. The summed E-state index contributed by atoms with van der Waals surface area (Å²) < 4.78 is 0. The van der Waals surface area contributed by atoms with Crippen molar-refractivity contribution in [2.24, 2.45) is 0 Å². The van der Waals surface area contributed by atoms with Gasteiger partial charge in [0.25, 0.3) is 0 Å². The molecule has 0 amide bonds. The minimum Gasteiger partial charge on any atom is -0.382 e. The van der Waals surface area contributed by atoms with E-state index >= 15 is 0 Å². The van der Waals surface area contributed by atoms with E-state index in [9.17, 15) is 0 Å². The van der Waals surface area contributed by atoms with Gasteiger partial charge in [-0.2, -0.15) is 5.10 Å². The predicted molar refractivity (Wildman–Crippen MR) is 76.7 cm³/mol. The average molecular weight is 271 g/mol. The molecule has 4 nitrogen and oxygen atoms in total. The molecular weight excluding hydrogens is 260 g/mol. The molecule has 0 saturated heterocycles. The first kappa shape index (κ1) is 11.7. The van der Waals surface area contributed by atoms with E-state index in [1.807, 2.05) is 36.4 Å². The number of nitrogens with zero attached hydrogens (tertiary/aromatic N) is 2. The largest absolute Gasteiger partial charge is 0.382 e. The van der Waals surface area contributed by atoms with E-state index < -0.39 is 0 Å². The molecule has 3 N–H and O–H groups in total. The van der Waals surface area contributed by atoms with Crippen LogP contribution in [-0.2, 0) is 0 Å². The van der Waals surface area contributed by atoms with Crippen LogP contribution in [-0.4, -0.2) is 15.2 Å². The lowest BCUT2D eigenvalue weighted by molar-refractivity contribution is 1.10. The van der Waals surface area contributed by atoms with Gasteiger partial charge in [0, 0.05) is 23.0 Å². The van der Waals surface area contributed by atoms with Crippen LogP contribution in [0.3, 0.4) is 0 Å². The molecule has 0 saturated carbocycles. The summed E-state index contributed by atoms with van der Waals surface area (Å²) in [5.41, 5.74) is 9.59. The standard InChI is InChI=1S/C14H11ClN4/c15-11-3-1-2-10(8-11)13-12(14(16)19-18-13)9-4-6-17-7-5-9/h1-8H,(H3,16,18,19). The molecule has 0 atom stereocenters. The second kappa shape index (κ2) is 4.74. The summed E-state index contributed by atoms with van der Waals surface area (Å²) >= 11 is 6.02.